The molecule has 1 N–H and O–H groups in total. The maximum atomic E-state index is 12.8. The van der Waals surface area contributed by atoms with Crippen molar-refractivity contribution in [3.05, 3.63) is 53.9 Å². The fourth-order valence-corrected chi connectivity index (χ4v) is 4.52. The number of hydrogen-bond donors (Lipinski definition) is 1. The van der Waals surface area contributed by atoms with Crippen LogP contribution in [0.4, 0.5) is 0 Å². The Morgan fingerprint density at radius 3 is 2.97 bits per heavy atom. The molecule has 1 aromatic carbocycles. The molecular weight excluding hydrogens is 366 g/mol. The third-order valence-corrected chi connectivity index (χ3v) is 6.09. The molecule has 2 amide bonds. The summed E-state index contributed by atoms with van der Waals surface area (Å²) >= 11 is 0. The summed E-state index contributed by atoms with van der Waals surface area (Å²) in [6.45, 7) is 1.58. The first kappa shape index (κ1) is 19.6. The molecule has 1 unspecified atom stereocenters. The predicted molar refractivity (Wildman–Crippen MR) is 111 cm³/mol. The Labute approximate surface area is 170 Å². The highest BCUT2D eigenvalue weighted by molar-refractivity contribution is 5.95. The normalized spacial score (nSPS) is 21.6. The monoisotopic (exact) mass is 393 g/mol. The summed E-state index contributed by atoms with van der Waals surface area (Å²) in [7, 11) is 1.65. The van der Waals surface area contributed by atoms with E-state index in [1.807, 2.05) is 35.2 Å². The molecule has 1 atom stereocenters. The number of amides is 2. The first-order valence-corrected chi connectivity index (χ1v) is 10.3. The van der Waals surface area contributed by atoms with Gasteiger partial charge >= 0.3 is 0 Å². The van der Waals surface area contributed by atoms with Crippen molar-refractivity contribution in [2.24, 2.45) is 5.41 Å². The highest BCUT2D eigenvalue weighted by Crippen LogP contribution is 2.46. The Morgan fingerprint density at radius 2 is 2.10 bits per heavy atom. The number of likely N-dealkylation sites (tertiary alicyclic amines) is 1. The maximum absolute atomic E-state index is 12.8. The van der Waals surface area contributed by atoms with Crippen molar-refractivity contribution in [3.8, 4) is 0 Å². The van der Waals surface area contributed by atoms with E-state index in [4.69, 9.17) is 4.74 Å². The standard InChI is InChI=1S/C23H27N3O3/c1-29-15-14-26-20-8-4-5-12-23(20,13-11-21(26)27)16-24-22(28)19-10-9-17-6-2-3-7-18(17)25-19/h2-3,6-10H,4-5,11-16H2,1H3,(H,24,28). The molecule has 2 aromatic rings. The van der Waals surface area contributed by atoms with E-state index in [2.05, 4.69) is 16.4 Å². The number of nitrogens with one attached hydrogen (secondary N) is 1. The third kappa shape index (κ3) is 3.90. The number of allylic oxidation sites excluding steroid dienone is 1. The number of rotatable bonds is 6. The molecule has 0 radical (unpaired) electrons. The molecule has 2 aliphatic rings. The Balaban J connectivity index is 1.52. The SMILES string of the molecule is COCCN1C(=O)CCC2(CNC(=O)c3ccc4ccccc4n3)CCCC=C12. The Bertz CT molecular complexity index is 955. The highest BCUT2D eigenvalue weighted by Gasteiger charge is 2.44. The van der Waals surface area contributed by atoms with Crippen LogP contribution in [0.3, 0.4) is 0 Å². The van der Waals surface area contributed by atoms with Crippen LogP contribution >= 0.6 is 0 Å². The molecule has 152 valence electrons. The first-order valence-electron chi connectivity index (χ1n) is 10.3. The Hall–Kier alpha value is -2.73. The van der Waals surface area contributed by atoms with Crippen LogP contribution in [-0.2, 0) is 9.53 Å². The quantitative estimate of drug-likeness (QED) is 0.818. The van der Waals surface area contributed by atoms with Crippen molar-refractivity contribution in [3.63, 3.8) is 0 Å². The zero-order valence-electron chi connectivity index (χ0n) is 16.8. The van der Waals surface area contributed by atoms with Gasteiger partial charge in [0, 0.05) is 43.1 Å². The average molecular weight is 393 g/mol. The van der Waals surface area contributed by atoms with Crippen LogP contribution in [0.1, 0.15) is 42.6 Å². The molecule has 0 bridgehead atoms. The number of hydrogen-bond acceptors (Lipinski definition) is 4. The summed E-state index contributed by atoms with van der Waals surface area (Å²) in [5.74, 6) is -0.0243. The number of carbonyl (C=O) groups excluding carboxylic acids is 2. The summed E-state index contributed by atoms with van der Waals surface area (Å²) in [6.07, 6.45) is 6.46. The van der Waals surface area contributed by atoms with Crippen molar-refractivity contribution >= 4 is 22.7 Å². The lowest BCUT2D eigenvalue weighted by Gasteiger charge is -2.47. The Morgan fingerprint density at radius 1 is 1.24 bits per heavy atom. The number of pyridine rings is 1. The van der Waals surface area contributed by atoms with Gasteiger partial charge in [0.1, 0.15) is 5.69 Å². The number of carbonyl (C=O) groups is 2. The number of methoxy groups -OCH3 is 1. The number of ether oxygens (including phenoxy) is 1. The predicted octanol–water partition coefficient (Wildman–Crippen LogP) is 3.29. The van der Waals surface area contributed by atoms with Gasteiger partial charge in [0.15, 0.2) is 0 Å². The number of piperidine rings is 1. The van der Waals surface area contributed by atoms with Gasteiger partial charge < -0.3 is 15.0 Å². The molecule has 29 heavy (non-hydrogen) atoms. The maximum Gasteiger partial charge on any atom is 0.269 e. The lowest BCUT2D eigenvalue weighted by molar-refractivity contribution is -0.134. The second-order valence-corrected chi connectivity index (χ2v) is 7.87. The summed E-state index contributed by atoms with van der Waals surface area (Å²) in [5.41, 5.74) is 2.10. The van der Waals surface area contributed by atoms with Crippen molar-refractivity contribution in [1.29, 1.82) is 0 Å². The summed E-state index contributed by atoms with van der Waals surface area (Å²) in [6, 6.07) is 11.5. The van der Waals surface area contributed by atoms with Crippen LogP contribution in [0, 0.1) is 5.41 Å². The third-order valence-electron chi connectivity index (χ3n) is 6.09. The zero-order chi connectivity index (χ0) is 20.3. The molecule has 0 spiro atoms. The van der Waals surface area contributed by atoms with Crippen LogP contribution in [0.25, 0.3) is 10.9 Å². The number of nitrogens with zero attached hydrogens (tertiary/aromatic N) is 2. The number of aromatic nitrogens is 1. The fourth-order valence-electron chi connectivity index (χ4n) is 4.52. The number of fused-ring (bicyclic) bond motifs is 2. The summed E-state index contributed by atoms with van der Waals surface area (Å²) in [4.78, 5) is 31.7. The van der Waals surface area contributed by atoms with Gasteiger partial charge in [-0.1, -0.05) is 30.3 Å². The van der Waals surface area contributed by atoms with Crippen LogP contribution in [0.5, 0.6) is 0 Å². The Kier molecular flexibility index (Phi) is 5.62. The van der Waals surface area contributed by atoms with Gasteiger partial charge in [0.25, 0.3) is 5.91 Å². The van der Waals surface area contributed by atoms with E-state index in [-0.39, 0.29) is 17.2 Å². The molecular formula is C23H27N3O3. The number of para-hydroxylation sites is 1. The van der Waals surface area contributed by atoms with Crippen LogP contribution < -0.4 is 5.32 Å². The van der Waals surface area contributed by atoms with Crippen LogP contribution in [0.2, 0.25) is 0 Å². The summed E-state index contributed by atoms with van der Waals surface area (Å²) < 4.78 is 5.20. The highest BCUT2D eigenvalue weighted by atomic mass is 16.5. The minimum absolute atomic E-state index is 0.147. The van der Waals surface area contributed by atoms with Crippen molar-refractivity contribution in [2.75, 3.05) is 26.8 Å². The van der Waals surface area contributed by atoms with Gasteiger partial charge in [0.2, 0.25) is 5.91 Å². The van der Waals surface area contributed by atoms with E-state index < -0.39 is 0 Å². The van der Waals surface area contributed by atoms with E-state index in [0.717, 1.165) is 42.3 Å². The summed E-state index contributed by atoms with van der Waals surface area (Å²) in [5, 5.41) is 4.12. The molecule has 1 fully saturated rings. The molecule has 2 heterocycles. The van der Waals surface area contributed by atoms with Gasteiger partial charge in [-0.2, -0.15) is 0 Å². The minimum atomic E-state index is -0.188. The fraction of sp³-hybridized carbons (Fsp3) is 0.435. The molecule has 6 heteroatoms. The number of benzene rings is 1. The average Bonchev–Trinajstić information content (AvgIpc) is 2.77. The van der Waals surface area contributed by atoms with E-state index in [1.165, 1.54) is 0 Å². The molecule has 0 saturated carbocycles. The van der Waals surface area contributed by atoms with Gasteiger partial charge in [-0.25, -0.2) is 4.98 Å². The largest absolute Gasteiger partial charge is 0.383 e. The van der Waals surface area contributed by atoms with Gasteiger partial charge in [-0.15, -0.1) is 0 Å². The van der Waals surface area contributed by atoms with Crippen molar-refractivity contribution in [2.45, 2.75) is 32.1 Å². The van der Waals surface area contributed by atoms with Crippen LogP contribution in [-0.4, -0.2) is 48.5 Å². The van der Waals surface area contributed by atoms with E-state index in [1.54, 1.807) is 13.2 Å². The van der Waals surface area contributed by atoms with Crippen molar-refractivity contribution < 1.29 is 14.3 Å². The van der Waals surface area contributed by atoms with E-state index in [9.17, 15) is 9.59 Å². The lowest BCUT2D eigenvalue weighted by Crippen LogP contribution is -2.51. The van der Waals surface area contributed by atoms with Gasteiger partial charge in [-0.05, 0) is 37.8 Å². The first-order chi connectivity index (χ1) is 14.1. The molecule has 1 aliphatic carbocycles. The van der Waals surface area contributed by atoms with Gasteiger partial charge in [0.05, 0.1) is 12.1 Å². The van der Waals surface area contributed by atoms with E-state index in [0.29, 0.717) is 31.8 Å². The van der Waals surface area contributed by atoms with Gasteiger partial charge in [-0.3, -0.25) is 9.59 Å². The smallest absolute Gasteiger partial charge is 0.269 e. The zero-order valence-corrected chi connectivity index (χ0v) is 16.8. The molecule has 4 rings (SSSR count). The second kappa shape index (κ2) is 8.33. The molecule has 1 aliphatic heterocycles. The molecule has 1 saturated heterocycles. The van der Waals surface area contributed by atoms with E-state index >= 15 is 0 Å². The minimum Gasteiger partial charge on any atom is -0.383 e. The molecule has 1 aromatic heterocycles. The van der Waals surface area contributed by atoms with Crippen molar-refractivity contribution in [1.82, 2.24) is 15.2 Å². The second-order valence-electron chi connectivity index (χ2n) is 7.87. The molecule has 6 nitrogen and oxygen atoms in total. The van der Waals surface area contributed by atoms with Crippen LogP contribution in [0.15, 0.2) is 48.2 Å². The topological polar surface area (TPSA) is 71.5 Å². The lowest BCUT2D eigenvalue weighted by atomic mass is 9.69.